The smallest absolute Gasteiger partial charge is 0.370 e. The number of rotatable bonds is 5. The van der Waals surface area contributed by atoms with Gasteiger partial charge in [0.1, 0.15) is 0 Å². The van der Waals surface area contributed by atoms with Gasteiger partial charge in [0.25, 0.3) is 0 Å². The highest BCUT2D eigenvalue weighted by Gasteiger charge is 2.19. The average molecular weight is 330 g/mol. The Balaban J connectivity index is 1.46. The van der Waals surface area contributed by atoms with Gasteiger partial charge in [0.05, 0.1) is 0 Å². The van der Waals surface area contributed by atoms with Crippen LogP contribution in [0, 0.1) is 0 Å². The van der Waals surface area contributed by atoms with Crippen LogP contribution in [0.3, 0.4) is 0 Å². The molecule has 7 heteroatoms. The lowest BCUT2D eigenvalue weighted by Crippen LogP contribution is -2.35. The summed E-state index contributed by atoms with van der Waals surface area (Å²) in [6.45, 7) is 3.36. The van der Waals surface area contributed by atoms with Gasteiger partial charge in [-0.05, 0) is 25.0 Å². The van der Waals surface area contributed by atoms with Crippen LogP contribution in [0.1, 0.15) is 25.1 Å². The topological polar surface area (TPSA) is 82.4 Å². The number of aromatic nitrogens is 2. The molecule has 2 aromatic rings. The Hall–Kier alpha value is -2.57. The molecule has 24 heavy (non-hydrogen) atoms. The van der Waals surface area contributed by atoms with Crippen LogP contribution >= 0.6 is 0 Å². The van der Waals surface area contributed by atoms with Crippen molar-refractivity contribution < 1.29 is 9.32 Å². The average Bonchev–Trinajstić information content (AvgIpc) is 2.86. The number of aromatic amines is 1. The third kappa shape index (κ3) is 4.24. The van der Waals surface area contributed by atoms with Gasteiger partial charge in [0, 0.05) is 44.7 Å². The lowest BCUT2D eigenvalue weighted by Gasteiger charge is -2.23. The summed E-state index contributed by atoms with van der Waals surface area (Å²) in [6, 6.07) is 10.3. The summed E-state index contributed by atoms with van der Waals surface area (Å²) in [6.07, 6.45) is 2.62. The number of H-pyrrole nitrogens is 1. The highest BCUT2D eigenvalue weighted by molar-refractivity contribution is 5.76. The van der Waals surface area contributed by atoms with Crippen molar-refractivity contribution in [1.29, 1.82) is 0 Å². The predicted molar refractivity (Wildman–Crippen MR) is 89.9 cm³/mol. The van der Waals surface area contributed by atoms with E-state index in [0.717, 1.165) is 32.6 Å². The van der Waals surface area contributed by atoms with E-state index in [-0.39, 0.29) is 5.91 Å². The van der Waals surface area contributed by atoms with E-state index in [4.69, 9.17) is 0 Å². The SMILES string of the molecule is O=C(CCCc1noc(=O)[nH]1)N1CCCN(c2ccccc2)CC1. The Bertz CT molecular complexity index is 710. The van der Waals surface area contributed by atoms with Gasteiger partial charge in [0.15, 0.2) is 5.82 Å². The number of nitrogens with zero attached hydrogens (tertiary/aromatic N) is 3. The summed E-state index contributed by atoms with van der Waals surface area (Å²) in [5.41, 5.74) is 1.21. The maximum absolute atomic E-state index is 12.4. The second-order valence-corrected chi connectivity index (χ2v) is 5.95. The number of hydrogen-bond donors (Lipinski definition) is 1. The molecule has 0 spiro atoms. The molecule has 1 aromatic heterocycles. The van der Waals surface area contributed by atoms with Gasteiger partial charge in [-0.3, -0.25) is 14.3 Å². The van der Waals surface area contributed by atoms with E-state index in [1.165, 1.54) is 5.69 Å². The largest absolute Gasteiger partial charge is 0.438 e. The van der Waals surface area contributed by atoms with Gasteiger partial charge in [-0.2, -0.15) is 0 Å². The molecule has 1 aromatic carbocycles. The Morgan fingerprint density at radius 3 is 2.75 bits per heavy atom. The van der Waals surface area contributed by atoms with Crippen molar-refractivity contribution in [2.24, 2.45) is 0 Å². The fraction of sp³-hybridized carbons (Fsp3) is 0.471. The summed E-state index contributed by atoms with van der Waals surface area (Å²) < 4.78 is 4.45. The van der Waals surface area contributed by atoms with Crippen LogP contribution < -0.4 is 10.7 Å². The summed E-state index contributed by atoms with van der Waals surface area (Å²) >= 11 is 0. The third-order valence-corrected chi connectivity index (χ3v) is 4.26. The fourth-order valence-electron chi connectivity index (χ4n) is 3.00. The number of benzene rings is 1. The van der Waals surface area contributed by atoms with Crippen LogP contribution in [0.4, 0.5) is 5.69 Å². The van der Waals surface area contributed by atoms with E-state index in [1.54, 1.807) is 0 Å². The van der Waals surface area contributed by atoms with Crippen molar-refractivity contribution in [1.82, 2.24) is 15.0 Å². The molecule has 1 saturated heterocycles. The molecule has 1 aliphatic heterocycles. The zero-order chi connectivity index (χ0) is 16.8. The first-order chi connectivity index (χ1) is 11.7. The number of anilines is 1. The predicted octanol–water partition coefficient (Wildman–Crippen LogP) is 1.42. The van der Waals surface area contributed by atoms with E-state index >= 15 is 0 Å². The van der Waals surface area contributed by atoms with Crippen molar-refractivity contribution in [3.8, 4) is 0 Å². The van der Waals surface area contributed by atoms with E-state index in [2.05, 4.69) is 31.7 Å². The number of nitrogens with one attached hydrogen (secondary N) is 1. The van der Waals surface area contributed by atoms with Gasteiger partial charge in [-0.1, -0.05) is 23.4 Å². The third-order valence-electron chi connectivity index (χ3n) is 4.26. The van der Waals surface area contributed by atoms with E-state index < -0.39 is 5.76 Å². The fourth-order valence-corrected chi connectivity index (χ4v) is 3.00. The summed E-state index contributed by atoms with van der Waals surface area (Å²) in [5.74, 6) is 0.111. The maximum atomic E-state index is 12.4. The first-order valence-electron chi connectivity index (χ1n) is 8.35. The maximum Gasteiger partial charge on any atom is 0.438 e. The lowest BCUT2D eigenvalue weighted by atomic mass is 10.2. The molecular formula is C17H22N4O3. The molecule has 2 heterocycles. The Morgan fingerprint density at radius 2 is 2.00 bits per heavy atom. The minimum atomic E-state index is -0.551. The molecule has 0 radical (unpaired) electrons. The quantitative estimate of drug-likeness (QED) is 0.896. The first kappa shape index (κ1) is 16.3. The zero-order valence-electron chi connectivity index (χ0n) is 13.6. The highest BCUT2D eigenvalue weighted by Crippen LogP contribution is 2.16. The van der Waals surface area contributed by atoms with E-state index in [9.17, 15) is 9.59 Å². The molecule has 1 aliphatic rings. The van der Waals surface area contributed by atoms with Gasteiger partial charge in [0.2, 0.25) is 5.91 Å². The Kier molecular flexibility index (Phi) is 5.30. The molecular weight excluding hydrogens is 308 g/mol. The zero-order valence-corrected chi connectivity index (χ0v) is 13.6. The molecule has 1 N–H and O–H groups in total. The van der Waals surface area contributed by atoms with Crippen molar-refractivity contribution in [2.45, 2.75) is 25.7 Å². The van der Waals surface area contributed by atoms with Crippen LogP contribution in [-0.2, 0) is 11.2 Å². The Morgan fingerprint density at radius 1 is 1.17 bits per heavy atom. The van der Waals surface area contributed by atoms with Crippen molar-refractivity contribution in [2.75, 3.05) is 31.1 Å². The van der Waals surface area contributed by atoms with Crippen LogP contribution in [0.25, 0.3) is 0 Å². The molecule has 3 rings (SSSR count). The van der Waals surface area contributed by atoms with Crippen LogP contribution in [0.15, 0.2) is 39.6 Å². The summed E-state index contributed by atoms with van der Waals surface area (Å²) in [5, 5.41) is 3.61. The summed E-state index contributed by atoms with van der Waals surface area (Å²) in [7, 11) is 0. The number of para-hydroxylation sites is 1. The monoisotopic (exact) mass is 330 g/mol. The van der Waals surface area contributed by atoms with Gasteiger partial charge < -0.3 is 9.80 Å². The molecule has 0 atom stereocenters. The normalized spacial score (nSPS) is 15.3. The number of aryl methyl sites for hydroxylation is 1. The number of carbonyl (C=O) groups excluding carboxylic acids is 1. The molecule has 0 unspecified atom stereocenters. The van der Waals surface area contributed by atoms with Gasteiger partial charge in [-0.25, -0.2) is 4.79 Å². The molecule has 0 aliphatic carbocycles. The minimum Gasteiger partial charge on any atom is -0.370 e. The van der Waals surface area contributed by atoms with Crippen LogP contribution in [0.2, 0.25) is 0 Å². The molecule has 7 nitrogen and oxygen atoms in total. The molecule has 128 valence electrons. The second kappa shape index (κ2) is 7.81. The number of hydrogen-bond acceptors (Lipinski definition) is 5. The van der Waals surface area contributed by atoms with Crippen molar-refractivity contribution >= 4 is 11.6 Å². The minimum absolute atomic E-state index is 0.163. The molecule has 1 amide bonds. The highest BCUT2D eigenvalue weighted by atomic mass is 16.5. The lowest BCUT2D eigenvalue weighted by molar-refractivity contribution is -0.131. The van der Waals surface area contributed by atoms with Crippen molar-refractivity contribution in [3.05, 3.63) is 46.7 Å². The number of carbonyl (C=O) groups is 1. The van der Waals surface area contributed by atoms with Crippen molar-refractivity contribution in [3.63, 3.8) is 0 Å². The molecule has 0 saturated carbocycles. The standard InChI is InChI=1S/C17H22N4O3/c22-16(9-4-8-15-18-17(23)24-19-15)21-11-5-10-20(12-13-21)14-6-2-1-3-7-14/h1-3,6-7H,4-5,8-13H2,(H,18,19,23). The number of amides is 1. The van der Waals surface area contributed by atoms with E-state index in [0.29, 0.717) is 25.1 Å². The Labute approximate surface area is 140 Å². The molecule has 0 bridgehead atoms. The second-order valence-electron chi connectivity index (χ2n) is 5.95. The van der Waals surface area contributed by atoms with Gasteiger partial charge in [-0.15, -0.1) is 0 Å². The molecule has 1 fully saturated rings. The van der Waals surface area contributed by atoms with Crippen LogP contribution in [-0.4, -0.2) is 47.1 Å². The van der Waals surface area contributed by atoms with E-state index in [1.807, 2.05) is 23.1 Å². The van der Waals surface area contributed by atoms with Crippen LogP contribution in [0.5, 0.6) is 0 Å². The first-order valence-corrected chi connectivity index (χ1v) is 8.35. The summed E-state index contributed by atoms with van der Waals surface area (Å²) in [4.78, 5) is 30.0. The van der Waals surface area contributed by atoms with Gasteiger partial charge >= 0.3 is 5.76 Å².